The van der Waals surface area contributed by atoms with Gasteiger partial charge in [-0.15, -0.1) is 0 Å². The van der Waals surface area contributed by atoms with Crippen molar-refractivity contribution in [3.8, 4) is 5.75 Å². The van der Waals surface area contributed by atoms with Crippen molar-refractivity contribution in [2.24, 2.45) is 0 Å². The zero-order valence-electron chi connectivity index (χ0n) is 12.0. The molecule has 0 radical (unpaired) electrons. The van der Waals surface area contributed by atoms with Gasteiger partial charge in [-0.05, 0) is 55.5 Å². The molecule has 110 valence electrons. The molecule has 1 N–H and O–H groups in total. The minimum Gasteiger partial charge on any atom is -0.490 e. The van der Waals surface area contributed by atoms with Gasteiger partial charge in [0.15, 0.2) is 0 Å². The topological polar surface area (TPSA) is 21.3 Å². The zero-order chi connectivity index (χ0) is 14.5. The lowest BCUT2D eigenvalue weighted by Crippen LogP contribution is -2.11. The van der Waals surface area contributed by atoms with Crippen LogP contribution in [0.4, 0.5) is 5.69 Å². The molecule has 1 saturated carbocycles. The molecule has 0 atom stereocenters. The van der Waals surface area contributed by atoms with E-state index in [0.717, 1.165) is 23.0 Å². The number of rotatable bonds is 5. The van der Waals surface area contributed by atoms with Crippen molar-refractivity contribution < 1.29 is 4.74 Å². The van der Waals surface area contributed by atoms with Crippen LogP contribution in [-0.2, 0) is 6.54 Å². The van der Waals surface area contributed by atoms with Gasteiger partial charge in [0.05, 0.1) is 16.8 Å². The summed E-state index contributed by atoms with van der Waals surface area (Å²) in [6, 6.07) is 16.1. The van der Waals surface area contributed by atoms with E-state index in [1.54, 1.807) is 0 Å². The van der Waals surface area contributed by atoms with Gasteiger partial charge in [0.25, 0.3) is 0 Å². The first kappa shape index (κ1) is 14.3. The van der Waals surface area contributed by atoms with Crippen LogP contribution in [0.3, 0.4) is 0 Å². The second-order valence-electron chi connectivity index (χ2n) is 5.51. The average Bonchev–Trinajstić information content (AvgIpc) is 3.00. The van der Waals surface area contributed by atoms with Crippen molar-refractivity contribution in [3.63, 3.8) is 0 Å². The van der Waals surface area contributed by atoms with Crippen LogP contribution >= 0.6 is 11.6 Å². The summed E-state index contributed by atoms with van der Waals surface area (Å²) < 4.78 is 6.04. The number of anilines is 1. The molecule has 0 amide bonds. The lowest BCUT2D eigenvalue weighted by molar-refractivity contribution is 0.210. The second kappa shape index (κ2) is 6.86. The van der Waals surface area contributed by atoms with E-state index < -0.39 is 0 Å². The molecule has 1 fully saturated rings. The summed E-state index contributed by atoms with van der Waals surface area (Å²) in [7, 11) is 0. The first-order chi connectivity index (χ1) is 10.3. The number of benzene rings is 2. The molecule has 0 unspecified atom stereocenters. The standard InChI is InChI=1S/C18H20ClNO/c19-17-10-3-4-11-18(17)20-13-14-6-5-9-16(12-14)21-15-7-1-2-8-15/h3-6,9-12,15,20H,1-2,7-8,13H2. The smallest absolute Gasteiger partial charge is 0.120 e. The fourth-order valence-electron chi connectivity index (χ4n) is 2.73. The molecule has 21 heavy (non-hydrogen) atoms. The van der Waals surface area contributed by atoms with Crippen LogP contribution in [0.15, 0.2) is 48.5 Å². The monoisotopic (exact) mass is 301 g/mol. The molecule has 0 saturated heterocycles. The Morgan fingerprint density at radius 2 is 1.86 bits per heavy atom. The molecule has 3 rings (SSSR count). The Bertz CT molecular complexity index is 593. The minimum absolute atomic E-state index is 0.400. The second-order valence-corrected chi connectivity index (χ2v) is 5.91. The van der Waals surface area contributed by atoms with Gasteiger partial charge in [-0.2, -0.15) is 0 Å². The lowest BCUT2D eigenvalue weighted by Gasteiger charge is -2.14. The summed E-state index contributed by atoms with van der Waals surface area (Å²) in [6.07, 6.45) is 5.35. The van der Waals surface area contributed by atoms with Crippen LogP contribution in [0, 0.1) is 0 Å². The largest absolute Gasteiger partial charge is 0.490 e. The summed E-state index contributed by atoms with van der Waals surface area (Å²) in [5.74, 6) is 0.973. The van der Waals surface area contributed by atoms with Crippen molar-refractivity contribution in [2.45, 2.75) is 38.3 Å². The van der Waals surface area contributed by atoms with E-state index >= 15 is 0 Å². The van der Waals surface area contributed by atoms with Crippen molar-refractivity contribution >= 4 is 17.3 Å². The highest BCUT2D eigenvalue weighted by Crippen LogP contribution is 2.25. The third-order valence-corrected chi connectivity index (χ3v) is 4.19. The van der Waals surface area contributed by atoms with Crippen molar-refractivity contribution in [1.29, 1.82) is 0 Å². The summed E-state index contributed by atoms with van der Waals surface area (Å²) in [4.78, 5) is 0. The van der Waals surface area contributed by atoms with E-state index in [-0.39, 0.29) is 0 Å². The minimum atomic E-state index is 0.400. The predicted molar refractivity (Wildman–Crippen MR) is 88.1 cm³/mol. The van der Waals surface area contributed by atoms with E-state index in [4.69, 9.17) is 16.3 Å². The average molecular weight is 302 g/mol. The highest BCUT2D eigenvalue weighted by atomic mass is 35.5. The van der Waals surface area contributed by atoms with Crippen LogP contribution in [0.1, 0.15) is 31.2 Å². The molecule has 1 aliphatic rings. The van der Waals surface area contributed by atoms with Gasteiger partial charge < -0.3 is 10.1 Å². The number of halogens is 1. The SMILES string of the molecule is Clc1ccccc1NCc1cccc(OC2CCCC2)c1. The molecule has 1 aliphatic carbocycles. The number of hydrogen-bond acceptors (Lipinski definition) is 2. The Kier molecular flexibility index (Phi) is 4.66. The third kappa shape index (κ3) is 3.92. The van der Waals surface area contributed by atoms with Crippen LogP contribution in [0.25, 0.3) is 0 Å². The molecule has 0 aromatic heterocycles. The van der Waals surface area contributed by atoms with E-state index in [1.165, 1.54) is 31.2 Å². The normalized spacial score (nSPS) is 15.1. The molecule has 0 aliphatic heterocycles. The summed E-state index contributed by atoms with van der Waals surface area (Å²) >= 11 is 6.15. The maximum Gasteiger partial charge on any atom is 0.120 e. The van der Waals surface area contributed by atoms with Gasteiger partial charge in [-0.25, -0.2) is 0 Å². The molecular weight excluding hydrogens is 282 g/mol. The van der Waals surface area contributed by atoms with Gasteiger partial charge in [-0.3, -0.25) is 0 Å². The van der Waals surface area contributed by atoms with Gasteiger partial charge in [-0.1, -0.05) is 35.9 Å². The van der Waals surface area contributed by atoms with Crippen molar-refractivity contribution in [2.75, 3.05) is 5.32 Å². The number of hydrogen-bond donors (Lipinski definition) is 1. The lowest BCUT2D eigenvalue weighted by atomic mass is 10.2. The van der Waals surface area contributed by atoms with E-state index in [9.17, 15) is 0 Å². The highest BCUT2D eigenvalue weighted by molar-refractivity contribution is 6.33. The molecule has 0 spiro atoms. The molecule has 2 aromatic rings. The number of para-hydroxylation sites is 1. The van der Waals surface area contributed by atoms with Gasteiger partial charge in [0, 0.05) is 6.54 Å². The van der Waals surface area contributed by atoms with E-state index in [0.29, 0.717) is 6.10 Å². The molecule has 0 heterocycles. The van der Waals surface area contributed by atoms with Gasteiger partial charge in [0.1, 0.15) is 5.75 Å². The summed E-state index contributed by atoms with van der Waals surface area (Å²) in [6.45, 7) is 0.742. The molecule has 0 bridgehead atoms. The third-order valence-electron chi connectivity index (χ3n) is 3.86. The van der Waals surface area contributed by atoms with Crippen molar-refractivity contribution in [3.05, 3.63) is 59.1 Å². The summed E-state index contributed by atoms with van der Waals surface area (Å²) in [5.41, 5.74) is 2.16. The fraction of sp³-hybridized carbons (Fsp3) is 0.333. The van der Waals surface area contributed by atoms with E-state index in [2.05, 4.69) is 17.4 Å². The van der Waals surface area contributed by atoms with E-state index in [1.807, 2.05) is 36.4 Å². The highest BCUT2D eigenvalue weighted by Gasteiger charge is 2.16. The molecular formula is C18H20ClNO. The van der Waals surface area contributed by atoms with Crippen LogP contribution in [-0.4, -0.2) is 6.10 Å². The first-order valence-electron chi connectivity index (χ1n) is 7.55. The summed E-state index contributed by atoms with van der Waals surface area (Å²) in [5, 5.41) is 4.11. The molecule has 2 nitrogen and oxygen atoms in total. The molecule has 2 aromatic carbocycles. The number of nitrogens with one attached hydrogen (secondary N) is 1. The van der Waals surface area contributed by atoms with Gasteiger partial charge in [0.2, 0.25) is 0 Å². The molecule has 3 heteroatoms. The Labute approximate surface area is 131 Å². The van der Waals surface area contributed by atoms with Crippen LogP contribution in [0.2, 0.25) is 5.02 Å². The quantitative estimate of drug-likeness (QED) is 0.812. The fourth-order valence-corrected chi connectivity index (χ4v) is 2.93. The maximum absolute atomic E-state index is 6.15. The number of ether oxygens (including phenoxy) is 1. The predicted octanol–water partition coefficient (Wildman–Crippen LogP) is 5.27. The van der Waals surface area contributed by atoms with Crippen LogP contribution < -0.4 is 10.1 Å². The zero-order valence-corrected chi connectivity index (χ0v) is 12.8. The first-order valence-corrected chi connectivity index (χ1v) is 7.93. The Morgan fingerprint density at radius 1 is 1.05 bits per heavy atom. The Hall–Kier alpha value is -1.67. The van der Waals surface area contributed by atoms with Gasteiger partial charge >= 0.3 is 0 Å². The van der Waals surface area contributed by atoms with Crippen LogP contribution in [0.5, 0.6) is 5.75 Å². The van der Waals surface area contributed by atoms with Crippen molar-refractivity contribution in [1.82, 2.24) is 0 Å². The Balaban J connectivity index is 1.61. The maximum atomic E-state index is 6.15. The Morgan fingerprint density at radius 3 is 2.67 bits per heavy atom.